The Bertz CT molecular complexity index is 1030. The Kier molecular flexibility index (Phi) is 5.41. The van der Waals surface area contributed by atoms with Gasteiger partial charge in [0.1, 0.15) is 5.75 Å². The van der Waals surface area contributed by atoms with Crippen LogP contribution in [0.25, 0.3) is 11.0 Å². The molecule has 29 heavy (non-hydrogen) atoms. The molecule has 0 saturated carbocycles. The van der Waals surface area contributed by atoms with Crippen LogP contribution in [0.3, 0.4) is 0 Å². The first-order valence-corrected chi connectivity index (χ1v) is 9.44. The Balaban J connectivity index is 1.65. The summed E-state index contributed by atoms with van der Waals surface area (Å²) < 4.78 is 22.1. The molecule has 1 fully saturated rings. The summed E-state index contributed by atoms with van der Waals surface area (Å²) in [6.07, 6.45) is 2.13. The van der Waals surface area contributed by atoms with Crippen molar-refractivity contribution in [2.45, 2.75) is 6.54 Å². The highest BCUT2D eigenvalue weighted by molar-refractivity contribution is 5.85. The minimum atomic E-state index is -0.564. The van der Waals surface area contributed by atoms with Gasteiger partial charge in [-0.25, -0.2) is 9.37 Å². The average molecular weight is 398 g/mol. The van der Waals surface area contributed by atoms with Gasteiger partial charge in [-0.05, 0) is 25.2 Å². The number of benzene rings is 1. The summed E-state index contributed by atoms with van der Waals surface area (Å²) >= 11 is 0. The summed E-state index contributed by atoms with van der Waals surface area (Å²) in [5, 5.41) is 7.84. The van der Waals surface area contributed by atoms with Crippen LogP contribution < -0.4 is 10.1 Å². The van der Waals surface area contributed by atoms with Crippen molar-refractivity contribution in [1.29, 1.82) is 0 Å². The van der Waals surface area contributed by atoms with E-state index in [2.05, 4.69) is 32.2 Å². The van der Waals surface area contributed by atoms with E-state index in [4.69, 9.17) is 4.74 Å². The number of aryl methyl sites for hydroxylation is 1. The van der Waals surface area contributed by atoms with E-state index in [-0.39, 0.29) is 5.75 Å². The predicted molar refractivity (Wildman–Crippen MR) is 107 cm³/mol. The number of aromatic nitrogens is 3. The minimum absolute atomic E-state index is 0.0725. The molecule has 1 aliphatic heterocycles. The molecule has 1 amide bonds. The Morgan fingerprint density at radius 3 is 2.69 bits per heavy atom. The molecule has 0 atom stereocenters. The molecule has 8 nitrogen and oxygen atoms in total. The van der Waals surface area contributed by atoms with Crippen molar-refractivity contribution in [3.8, 4) is 11.5 Å². The fourth-order valence-electron chi connectivity index (χ4n) is 3.50. The van der Waals surface area contributed by atoms with Crippen molar-refractivity contribution in [3.05, 3.63) is 42.0 Å². The molecule has 0 radical (unpaired) electrons. The fraction of sp³-hybridized carbons (Fsp3) is 0.350. The number of halogens is 1. The Hall–Kier alpha value is -3.04. The van der Waals surface area contributed by atoms with Gasteiger partial charge in [-0.3, -0.25) is 14.4 Å². The number of nitrogens with one attached hydrogen (secondary N) is 1. The lowest BCUT2D eigenvalue weighted by Crippen LogP contribution is -2.43. The van der Waals surface area contributed by atoms with E-state index in [1.165, 1.54) is 12.1 Å². The lowest BCUT2D eigenvalue weighted by atomic mass is 10.2. The van der Waals surface area contributed by atoms with Crippen LogP contribution in [0.4, 0.5) is 10.1 Å². The number of anilines is 1. The van der Waals surface area contributed by atoms with Gasteiger partial charge in [-0.15, -0.1) is 0 Å². The lowest BCUT2D eigenvalue weighted by molar-refractivity contribution is -0.105. The summed E-state index contributed by atoms with van der Waals surface area (Å²) in [5.74, 6) is 0.0110. The van der Waals surface area contributed by atoms with Crippen molar-refractivity contribution in [3.63, 3.8) is 0 Å². The van der Waals surface area contributed by atoms with Crippen molar-refractivity contribution in [2.75, 3.05) is 38.5 Å². The van der Waals surface area contributed by atoms with Crippen molar-refractivity contribution in [2.24, 2.45) is 7.05 Å². The number of ether oxygens (including phenoxy) is 1. The van der Waals surface area contributed by atoms with Crippen molar-refractivity contribution < 1.29 is 13.9 Å². The zero-order chi connectivity index (χ0) is 20.4. The van der Waals surface area contributed by atoms with Crippen LogP contribution in [0.5, 0.6) is 11.5 Å². The van der Waals surface area contributed by atoms with Gasteiger partial charge in [0.2, 0.25) is 6.41 Å². The second-order valence-corrected chi connectivity index (χ2v) is 7.17. The molecule has 1 aliphatic rings. The molecule has 0 bridgehead atoms. The Labute approximate surface area is 167 Å². The maximum Gasteiger partial charge on any atom is 0.211 e. The van der Waals surface area contributed by atoms with E-state index in [1.807, 2.05) is 7.05 Å². The highest BCUT2D eigenvalue weighted by Gasteiger charge is 2.21. The van der Waals surface area contributed by atoms with Crippen LogP contribution in [-0.2, 0) is 18.4 Å². The number of amides is 1. The molecular formula is C20H23FN6O2. The van der Waals surface area contributed by atoms with Crippen LogP contribution in [0, 0.1) is 5.82 Å². The quantitative estimate of drug-likeness (QED) is 0.642. The summed E-state index contributed by atoms with van der Waals surface area (Å²) in [5.41, 5.74) is 1.91. The number of hydrogen-bond acceptors (Lipinski definition) is 6. The molecule has 1 saturated heterocycles. The van der Waals surface area contributed by atoms with E-state index < -0.39 is 5.82 Å². The van der Waals surface area contributed by atoms with Crippen LogP contribution in [0.1, 0.15) is 5.69 Å². The largest absolute Gasteiger partial charge is 0.453 e. The number of hydrogen-bond donors (Lipinski definition) is 1. The number of fused-ring (bicyclic) bond motifs is 1. The number of nitrogens with zero attached hydrogens (tertiary/aromatic N) is 5. The molecule has 3 heterocycles. The monoisotopic (exact) mass is 398 g/mol. The standard InChI is InChI=1S/C20H23FN6O2/c1-25-7-9-27(10-8-25)12-16-19-18(5-6-22-20(19)26(2)24-16)29-17-4-3-14(23-13-28)11-15(17)21/h3-6,11,13H,7-10,12H2,1-2H3,(H,23,28). The number of rotatable bonds is 6. The molecule has 152 valence electrons. The normalized spacial score (nSPS) is 15.6. The van der Waals surface area contributed by atoms with E-state index in [1.54, 1.807) is 23.0 Å². The smallest absolute Gasteiger partial charge is 0.211 e. The number of pyridine rings is 1. The van der Waals surface area contributed by atoms with Gasteiger partial charge < -0.3 is 15.0 Å². The molecule has 4 rings (SSSR count). The lowest BCUT2D eigenvalue weighted by Gasteiger charge is -2.31. The average Bonchev–Trinajstić information content (AvgIpc) is 3.02. The zero-order valence-electron chi connectivity index (χ0n) is 16.4. The maximum absolute atomic E-state index is 14.4. The first-order valence-electron chi connectivity index (χ1n) is 9.44. The van der Waals surface area contributed by atoms with E-state index >= 15 is 0 Å². The zero-order valence-corrected chi connectivity index (χ0v) is 16.4. The van der Waals surface area contributed by atoms with Gasteiger partial charge >= 0.3 is 0 Å². The third-order valence-corrected chi connectivity index (χ3v) is 5.11. The van der Waals surface area contributed by atoms with E-state index in [0.717, 1.165) is 37.3 Å². The molecule has 1 N–H and O–H groups in total. The third kappa shape index (κ3) is 4.06. The Morgan fingerprint density at radius 2 is 1.97 bits per heavy atom. The van der Waals surface area contributed by atoms with E-state index in [9.17, 15) is 9.18 Å². The molecule has 2 aromatic heterocycles. The fourth-order valence-corrected chi connectivity index (χ4v) is 3.50. The van der Waals surface area contributed by atoms with Gasteiger partial charge in [0, 0.05) is 57.7 Å². The van der Waals surface area contributed by atoms with Gasteiger partial charge in [0.05, 0.1) is 11.1 Å². The van der Waals surface area contributed by atoms with E-state index in [0.29, 0.717) is 30.0 Å². The van der Waals surface area contributed by atoms with Crippen LogP contribution in [0.2, 0.25) is 0 Å². The molecule has 3 aromatic rings. The van der Waals surface area contributed by atoms with Crippen LogP contribution >= 0.6 is 0 Å². The topological polar surface area (TPSA) is 75.5 Å². The predicted octanol–water partition coefficient (Wildman–Crippen LogP) is 2.22. The van der Waals surface area contributed by atoms with Crippen LogP contribution in [0.15, 0.2) is 30.5 Å². The van der Waals surface area contributed by atoms with Crippen LogP contribution in [-0.4, -0.2) is 64.2 Å². The van der Waals surface area contributed by atoms with Gasteiger partial charge in [-0.1, -0.05) is 0 Å². The number of piperazine rings is 1. The number of carbonyl (C=O) groups is 1. The summed E-state index contributed by atoms with van der Waals surface area (Å²) in [7, 11) is 3.96. The molecule has 0 aliphatic carbocycles. The highest BCUT2D eigenvalue weighted by atomic mass is 19.1. The first kappa shape index (κ1) is 19.3. The second-order valence-electron chi connectivity index (χ2n) is 7.17. The number of likely N-dealkylation sites (N-methyl/N-ethyl adjacent to an activating group) is 1. The molecule has 0 unspecified atom stereocenters. The maximum atomic E-state index is 14.4. The highest BCUT2D eigenvalue weighted by Crippen LogP contribution is 2.33. The van der Waals surface area contributed by atoms with Crippen molar-refractivity contribution >= 4 is 23.1 Å². The van der Waals surface area contributed by atoms with Gasteiger partial charge in [-0.2, -0.15) is 5.10 Å². The summed E-state index contributed by atoms with van der Waals surface area (Å²) in [4.78, 5) is 19.6. The molecule has 0 spiro atoms. The minimum Gasteiger partial charge on any atom is -0.453 e. The SMILES string of the molecule is CN1CCN(Cc2nn(C)c3nccc(Oc4ccc(NC=O)cc4F)c23)CC1. The molecule has 9 heteroatoms. The molecule has 1 aromatic carbocycles. The first-order chi connectivity index (χ1) is 14.0. The summed E-state index contributed by atoms with van der Waals surface area (Å²) in [6.45, 7) is 4.63. The number of carbonyl (C=O) groups excluding carboxylic acids is 1. The Morgan fingerprint density at radius 1 is 1.17 bits per heavy atom. The molecular weight excluding hydrogens is 375 g/mol. The second kappa shape index (κ2) is 8.14. The van der Waals surface area contributed by atoms with Gasteiger partial charge in [0.15, 0.2) is 17.2 Å². The van der Waals surface area contributed by atoms with Gasteiger partial charge in [0.25, 0.3) is 0 Å². The van der Waals surface area contributed by atoms with Crippen molar-refractivity contribution in [1.82, 2.24) is 24.6 Å². The third-order valence-electron chi connectivity index (χ3n) is 5.11. The summed E-state index contributed by atoms with van der Waals surface area (Å²) in [6, 6.07) is 6.01.